The Hall–Kier alpha value is -2.21. The van der Waals surface area contributed by atoms with Crippen molar-refractivity contribution < 1.29 is 14.3 Å². The van der Waals surface area contributed by atoms with Crippen molar-refractivity contribution in [1.82, 2.24) is 15.1 Å². The van der Waals surface area contributed by atoms with Crippen LogP contribution in [0.15, 0.2) is 18.2 Å². The van der Waals surface area contributed by atoms with Crippen LogP contribution in [0.25, 0.3) is 11.3 Å². The Morgan fingerprint density at radius 3 is 2.65 bits per heavy atom. The number of hydrogen-bond donors (Lipinski definition) is 1. The lowest BCUT2D eigenvalue weighted by Crippen LogP contribution is -2.31. The van der Waals surface area contributed by atoms with Crippen molar-refractivity contribution in [2.45, 2.75) is 59.4 Å². The van der Waals surface area contributed by atoms with E-state index in [0.717, 1.165) is 36.5 Å². The molecule has 0 bridgehead atoms. The molecule has 6 nitrogen and oxygen atoms in total. The van der Waals surface area contributed by atoms with E-state index >= 15 is 0 Å². The Morgan fingerprint density at radius 2 is 2.00 bits per heavy atom. The number of rotatable bonds is 9. The van der Waals surface area contributed by atoms with Gasteiger partial charge in [-0.05, 0) is 50.2 Å². The number of methoxy groups -OCH3 is 1. The third kappa shape index (κ3) is 5.53. The number of carbonyl (C=O) groups is 1. The van der Waals surface area contributed by atoms with Crippen LogP contribution < -0.4 is 14.8 Å². The van der Waals surface area contributed by atoms with Crippen LogP contribution in [0.4, 0.5) is 0 Å². The third-order valence-corrected chi connectivity index (χ3v) is 6.35. The smallest absolute Gasteiger partial charge is 0.273 e. The minimum atomic E-state index is -0.223. The van der Waals surface area contributed by atoms with E-state index in [1.165, 1.54) is 12.8 Å². The summed E-state index contributed by atoms with van der Waals surface area (Å²) in [5, 5.41) is 7.91. The molecule has 1 heterocycles. The summed E-state index contributed by atoms with van der Waals surface area (Å²) in [6.07, 6.45) is 5.71. The summed E-state index contributed by atoms with van der Waals surface area (Å²) in [5.74, 6) is 2.47. The van der Waals surface area contributed by atoms with E-state index in [-0.39, 0.29) is 11.6 Å². The van der Waals surface area contributed by atoms with Gasteiger partial charge in [-0.2, -0.15) is 5.10 Å². The second kappa shape index (κ2) is 10.9. The van der Waals surface area contributed by atoms with Crippen LogP contribution in [0.2, 0.25) is 5.02 Å². The first kappa shape index (κ1) is 23.5. The summed E-state index contributed by atoms with van der Waals surface area (Å²) < 4.78 is 13.1. The molecule has 1 saturated carbocycles. The van der Waals surface area contributed by atoms with E-state index in [2.05, 4.69) is 24.3 Å². The first-order valence-electron chi connectivity index (χ1n) is 11.3. The molecule has 2 aromatic rings. The minimum Gasteiger partial charge on any atom is -0.496 e. The highest BCUT2D eigenvalue weighted by molar-refractivity contribution is 6.36. The van der Waals surface area contributed by atoms with Crippen molar-refractivity contribution in [1.29, 1.82) is 0 Å². The van der Waals surface area contributed by atoms with Crippen LogP contribution in [-0.4, -0.2) is 35.9 Å². The highest BCUT2D eigenvalue weighted by Gasteiger charge is 2.26. The van der Waals surface area contributed by atoms with Gasteiger partial charge in [0.1, 0.15) is 11.5 Å². The number of benzene rings is 1. The van der Waals surface area contributed by atoms with Gasteiger partial charge in [-0.15, -0.1) is 0 Å². The third-order valence-electron chi connectivity index (χ3n) is 6.00. The number of halogens is 1. The number of aromatic nitrogens is 2. The van der Waals surface area contributed by atoms with Crippen molar-refractivity contribution in [2.24, 2.45) is 11.8 Å². The molecule has 0 saturated heterocycles. The Kier molecular flexibility index (Phi) is 8.24. The molecule has 1 N–H and O–H groups in total. The largest absolute Gasteiger partial charge is 0.496 e. The fourth-order valence-corrected chi connectivity index (χ4v) is 4.43. The van der Waals surface area contributed by atoms with Crippen molar-refractivity contribution in [2.75, 3.05) is 20.3 Å². The summed E-state index contributed by atoms with van der Waals surface area (Å²) in [7, 11) is 1.61. The van der Waals surface area contributed by atoms with Gasteiger partial charge in [0.05, 0.1) is 24.4 Å². The topological polar surface area (TPSA) is 65.4 Å². The van der Waals surface area contributed by atoms with Gasteiger partial charge in [0.2, 0.25) is 0 Å². The predicted octanol–water partition coefficient (Wildman–Crippen LogP) is 5.58. The molecular weight excluding hydrogens is 414 g/mol. The van der Waals surface area contributed by atoms with Gasteiger partial charge in [-0.1, -0.05) is 38.3 Å². The first-order chi connectivity index (χ1) is 15.0. The highest BCUT2D eigenvalue weighted by Crippen LogP contribution is 2.39. The fourth-order valence-electron chi connectivity index (χ4n) is 4.10. The molecule has 3 rings (SSSR count). The molecule has 1 aromatic heterocycles. The van der Waals surface area contributed by atoms with E-state index in [4.69, 9.17) is 21.1 Å². The van der Waals surface area contributed by atoms with E-state index in [0.29, 0.717) is 42.1 Å². The van der Waals surface area contributed by atoms with Crippen molar-refractivity contribution in [3.05, 3.63) is 28.9 Å². The van der Waals surface area contributed by atoms with Gasteiger partial charge in [0.25, 0.3) is 5.91 Å². The molecule has 170 valence electrons. The molecule has 0 aliphatic heterocycles. The number of amides is 1. The maximum absolute atomic E-state index is 12.9. The summed E-state index contributed by atoms with van der Waals surface area (Å²) in [4.78, 5) is 12.9. The standard InChI is InChI=1S/C24H34ClN3O3/c1-5-13-31-18-11-12-19(20(14-18)30-4)23-21(25)22(27-28(23)6-2)24(29)26-15-17-9-7-16(3)8-10-17/h11-12,14,16-17H,5-10,13,15H2,1-4H3,(H,26,29). The molecule has 0 spiro atoms. The number of nitrogens with zero attached hydrogens (tertiary/aromatic N) is 2. The van der Waals surface area contributed by atoms with Crippen molar-refractivity contribution in [3.63, 3.8) is 0 Å². The highest BCUT2D eigenvalue weighted by atomic mass is 35.5. The number of hydrogen-bond acceptors (Lipinski definition) is 4. The first-order valence-corrected chi connectivity index (χ1v) is 11.7. The molecule has 0 unspecified atom stereocenters. The normalized spacial score (nSPS) is 18.6. The molecule has 1 aliphatic carbocycles. The van der Waals surface area contributed by atoms with Crippen LogP contribution >= 0.6 is 11.6 Å². The maximum Gasteiger partial charge on any atom is 0.273 e. The average molecular weight is 448 g/mol. The molecule has 1 fully saturated rings. The monoisotopic (exact) mass is 447 g/mol. The molecule has 7 heteroatoms. The van der Waals surface area contributed by atoms with Gasteiger partial charge in [0.15, 0.2) is 5.69 Å². The quantitative estimate of drug-likeness (QED) is 0.545. The van der Waals surface area contributed by atoms with Crippen LogP contribution in [0, 0.1) is 11.8 Å². The number of ether oxygens (including phenoxy) is 2. The summed E-state index contributed by atoms with van der Waals surface area (Å²) in [6.45, 7) is 8.23. The zero-order chi connectivity index (χ0) is 22.4. The van der Waals surface area contributed by atoms with Gasteiger partial charge < -0.3 is 14.8 Å². The van der Waals surface area contributed by atoms with Gasteiger partial charge in [-0.25, -0.2) is 0 Å². The molecule has 31 heavy (non-hydrogen) atoms. The fraction of sp³-hybridized carbons (Fsp3) is 0.583. The molecule has 0 radical (unpaired) electrons. The second-order valence-electron chi connectivity index (χ2n) is 8.37. The lowest BCUT2D eigenvalue weighted by atomic mass is 9.83. The van der Waals surface area contributed by atoms with Crippen LogP contribution in [0.1, 0.15) is 63.4 Å². The van der Waals surface area contributed by atoms with Crippen LogP contribution in [0.3, 0.4) is 0 Å². The summed E-state index contributed by atoms with van der Waals surface area (Å²) >= 11 is 6.70. The van der Waals surface area contributed by atoms with E-state index in [1.54, 1.807) is 11.8 Å². The second-order valence-corrected chi connectivity index (χ2v) is 8.75. The Bertz CT molecular complexity index is 888. The van der Waals surface area contributed by atoms with Crippen LogP contribution in [0.5, 0.6) is 11.5 Å². The molecule has 1 aliphatic rings. The number of carbonyl (C=O) groups excluding carboxylic acids is 1. The SMILES string of the molecule is CCCOc1ccc(-c2c(Cl)c(C(=O)NCC3CCC(C)CC3)nn2CC)c(OC)c1. The van der Waals surface area contributed by atoms with E-state index < -0.39 is 0 Å². The molecular formula is C24H34ClN3O3. The predicted molar refractivity (Wildman–Crippen MR) is 124 cm³/mol. The lowest BCUT2D eigenvalue weighted by Gasteiger charge is -2.26. The Balaban J connectivity index is 1.82. The minimum absolute atomic E-state index is 0.223. The molecule has 1 aromatic carbocycles. The summed E-state index contributed by atoms with van der Waals surface area (Å²) in [5.41, 5.74) is 1.72. The van der Waals surface area contributed by atoms with Gasteiger partial charge in [-0.3, -0.25) is 9.48 Å². The van der Waals surface area contributed by atoms with Crippen LogP contribution in [-0.2, 0) is 6.54 Å². The van der Waals surface area contributed by atoms with Gasteiger partial charge in [0, 0.05) is 24.7 Å². The summed E-state index contributed by atoms with van der Waals surface area (Å²) in [6, 6.07) is 5.64. The number of aryl methyl sites for hydroxylation is 1. The van der Waals surface area contributed by atoms with Crippen molar-refractivity contribution >= 4 is 17.5 Å². The zero-order valence-corrected chi connectivity index (χ0v) is 19.8. The lowest BCUT2D eigenvalue weighted by molar-refractivity contribution is 0.0936. The number of nitrogens with one attached hydrogen (secondary N) is 1. The zero-order valence-electron chi connectivity index (χ0n) is 19.0. The average Bonchev–Trinajstić information content (AvgIpc) is 3.13. The molecule has 0 atom stereocenters. The van der Waals surface area contributed by atoms with E-state index in [1.807, 2.05) is 25.1 Å². The maximum atomic E-state index is 12.9. The van der Waals surface area contributed by atoms with Gasteiger partial charge >= 0.3 is 0 Å². The molecule has 1 amide bonds. The van der Waals surface area contributed by atoms with Crippen molar-refractivity contribution in [3.8, 4) is 22.8 Å². The Morgan fingerprint density at radius 1 is 1.26 bits per heavy atom. The Labute approximate surface area is 190 Å². The van der Waals surface area contributed by atoms with E-state index in [9.17, 15) is 4.79 Å².